The molecule has 0 bridgehead atoms. The molecule has 3 heterocycles. The Hall–Kier alpha value is -2.18. The minimum atomic E-state index is -3.64. The molecule has 1 unspecified atom stereocenters. The second-order valence-corrected chi connectivity index (χ2v) is 9.54. The number of nitrogens with zero attached hydrogens (tertiary/aromatic N) is 3. The van der Waals surface area contributed by atoms with Gasteiger partial charge >= 0.3 is 5.69 Å². The minimum Gasteiger partial charge on any atom is -0.353 e. The van der Waals surface area contributed by atoms with E-state index in [1.54, 1.807) is 0 Å². The number of sulfonamides is 1. The maximum Gasteiger partial charge on any atom is 0.332 e. The van der Waals surface area contributed by atoms with Crippen LogP contribution in [0.4, 0.5) is 5.95 Å². The molecule has 162 valence electrons. The molecule has 12 heteroatoms. The number of H-pyrrole nitrogens is 1. The Morgan fingerprint density at radius 3 is 2.76 bits per heavy atom. The maximum absolute atomic E-state index is 12.7. The smallest absolute Gasteiger partial charge is 0.332 e. The molecule has 0 aliphatic carbocycles. The largest absolute Gasteiger partial charge is 0.353 e. The van der Waals surface area contributed by atoms with E-state index >= 15 is 0 Å². The zero-order valence-electron chi connectivity index (χ0n) is 16.8. The molecule has 2 N–H and O–H groups in total. The average molecular weight is 429 g/mol. The van der Waals surface area contributed by atoms with Gasteiger partial charge in [-0.2, -0.15) is 4.98 Å². The van der Waals surface area contributed by atoms with E-state index in [0.29, 0.717) is 19.6 Å². The van der Waals surface area contributed by atoms with E-state index < -0.39 is 26.5 Å². The number of aromatic nitrogens is 4. The Labute approximate surface area is 168 Å². The van der Waals surface area contributed by atoms with E-state index in [4.69, 9.17) is 9.47 Å². The Morgan fingerprint density at radius 2 is 2.10 bits per heavy atom. The van der Waals surface area contributed by atoms with Crippen LogP contribution in [0.5, 0.6) is 0 Å². The van der Waals surface area contributed by atoms with Gasteiger partial charge in [-0.15, -0.1) is 0 Å². The van der Waals surface area contributed by atoms with Gasteiger partial charge in [0.15, 0.2) is 17.5 Å². The van der Waals surface area contributed by atoms with E-state index in [1.165, 1.54) is 25.5 Å². The third kappa shape index (κ3) is 4.70. The zero-order valence-corrected chi connectivity index (χ0v) is 17.6. The van der Waals surface area contributed by atoms with Crippen LogP contribution in [-0.2, 0) is 33.1 Å². The standard InChI is InChI=1S/C17H27N5O6S/c1-11(2)29(25,26)20-16-18-13-14(19-16)21(3)17(24)22(15(13)23)8-6-10-28-12-7-4-5-9-27-12/h11-12H,4-10H2,1-3H3,(H2,18,19,20). The number of fused-ring (bicyclic) bond motifs is 1. The summed E-state index contributed by atoms with van der Waals surface area (Å²) in [5, 5.41) is -0.677. The van der Waals surface area contributed by atoms with Crippen molar-refractivity contribution in [1.29, 1.82) is 0 Å². The summed E-state index contributed by atoms with van der Waals surface area (Å²) in [5.41, 5.74) is -0.935. The molecule has 1 atom stereocenters. The van der Waals surface area contributed by atoms with E-state index in [9.17, 15) is 18.0 Å². The van der Waals surface area contributed by atoms with Crippen molar-refractivity contribution in [2.75, 3.05) is 17.9 Å². The van der Waals surface area contributed by atoms with Crippen molar-refractivity contribution in [1.82, 2.24) is 19.1 Å². The normalized spacial score (nSPS) is 17.9. The van der Waals surface area contributed by atoms with Crippen LogP contribution >= 0.6 is 0 Å². The maximum atomic E-state index is 12.7. The van der Waals surface area contributed by atoms with Crippen LogP contribution in [0.3, 0.4) is 0 Å². The predicted octanol–water partition coefficient (Wildman–Crippen LogP) is 0.507. The summed E-state index contributed by atoms with van der Waals surface area (Å²) in [5.74, 6) is -0.101. The SMILES string of the molecule is CC(C)S(=O)(=O)Nc1nc2c([nH]1)c(=O)n(CCCOC1CCCCO1)c(=O)n2C. The molecule has 29 heavy (non-hydrogen) atoms. The van der Waals surface area contributed by atoms with Crippen molar-refractivity contribution in [3.63, 3.8) is 0 Å². The van der Waals surface area contributed by atoms with Crippen LogP contribution in [-0.4, -0.2) is 52.3 Å². The Morgan fingerprint density at radius 1 is 1.34 bits per heavy atom. The van der Waals surface area contributed by atoms with E-state index in [2.05, 4.69) is 14.7 Å². The fourth-order valence-electron chi connectivity index (χ4n) is 3.03. The topological polar surface area (TPSA) is 137 Å². The highest BCUT2D eigenvalue weighted by molar-refractivity contribution is 7.93. The number of aromatic amines is 1. The lowest BCUT2D eigenvalue weighted by molar-refractivity contribution is -0.163. The first-order valence-electron chi connectivity index (χ1n) is 9.65. The van der Waals surface area contributed by atoms with Gasteiger partial charge in [0.25, 0.3) is 5.56 Å². The van der Waals surface area contributed by atoms with Crippen LogP contribution in [0.2, 0.25) is 0 Å². The molecule has 0 radical (unpaired) electrons. The first-order chi connectivity index (χ1) is 13.7. The molecule has 1 aliphatic heterocycles. The molecule has 2 aromatic rings. The molecule has 0 saturated carbocycles. The highest BCUT2D eigenvalue weighted by Gasteiger charge is 2.21. The van der Waals surface area contributed by atoms with Crippen molar-refractivity contribution in [3.05, 3.63) is 20.8 Å². The molecule has 3 rings (SSSR count). The van der Waals surface area contributed by atoms with Gasteiger partial charge < -0.3 is 14.5 Å². The van der Waals surface area contributed by atoms with Crippen molar-refractivity contribution < 1.29 is 17.9 Å². The van der Waals surface area contributed by atoms with Crippen LogP contribution in [0, 0.1) is 0 Å². The number of imidazole rings is 1. The molecular weight excluding hydrogens is 402 g/mol. The van der Waals surface area contributed by atoms with Crippen LogP contribution in [0.25, 0.3) is 11.2 Å². The first kappa shape index (κ1) is 21.5. The number of hydrogen-bond donors (Lipinski definition) is 2. The van der Waals surface area contributed by atoms with Gasteiger partial charge in [0.05, 0.1) is 11.9 Å². The van der Waals surface area contributed by atoms with Gasteiger partial charge in [0.2, 0.25) is 16.0 Å². The van der Waals surface area contributed by atoms with E-state index in [0.717, 1.165) is 23.8 Å². The Bertz CT molecular complexity index is 1080. The van der Waals surface area contributed by atoms with E-state index in [-0.39, 0.29) is 29.9 Å². The van der Waals surface area contributed by atoms with Crippen molar-refractivity contribution >= 4 is 27.1 Å². The first-order valence-corrected chi connectivity index (χ1v) is 11.2. The van der Waals surface area contributed by atoms with Crippen LogP contribution in [0.1, 0.15) is 39.5 Å². The number of hydrogen-bond acceptors (Lipinski definition) is 7. The molecule has 1 saturated heterocycles. The highest BCUT2D eigenvalue weighted by Crippen LogP contribution is 2.14. The Kier molecular flexibility index (Phi) is 6.44. The van der Waals surface area contributed by atoms with Crippen molar-refractivity contribution in [3.8, 4) is 0 Å². The van der Waals surface area contributed by atoms with Crippen LogP contribution < -0.4 is 16.0 Å². The quantitative estimate of drug-likeness (QED) is 0.583. The molecule has 11 nitrogen and oxygen atoms in total. The second kappa shape index (κ2) is 8.67. The summed E-state index contributed by atoms with van der Waals surface area (Å²) < 4.78 is 39.8. The molecule has 0 amide bonds. The average Bonchev–Trinajstić information content (AvgIpc) is 3.10. The second-order valence-electron chi connectivity index (χ2n) is 7.30. The van der Waals surface area contributed by atoms with Gasteiger partial charge in [0.1, 0.15) is 0 Å². The number of anilines is 1. The monoisotopic (exact) mass is 429 g/mol. The Balaban J connectivity index is 1.78. The molecular formula is C17H27N5O6S. The fraction of sp³-hybridized carbons (Fsp3) is 0.706. The van der Waals surface area contributed by atoms with E-state index in [1.807, 2.05) is 0 Å². The lowest BCUT2D eigenvalue weighted by Gasteiger charge is -2.22. The van der Waals surface area contributed by atoms with Gasteiger partial charge in [0, 0.05) is 20.2 Å². The summed E-state index contributed by atoms with van der Waals surface area (Å²) in [4.78, 5) is 32.1. The molecule has 1 aliphatic rings. The van der Waals surface area contributed by atoms with Crippen LogP contribution in [0.15, 0.2) is 9.59 Å². The summed E-state index contributed by atoms with van der Waals surface area (Å²) in [6.45, 7) is 4.26. The zero-order chi connectivity index (χ0) is 21.2. The van der Waals surface area contributed by atoms with Crippen molar-refractivity contribution in [2.45, 2.75) is 57.6 Å². The van der Waals surface area contributed by atoms with Gasteiger partial charge in [-0.25, -0.2) is 13.2 Å². The highest BCUT2D eigenvalue weighted by atomic mass is 32.2. The third-order valence-electron chi connectivity index (χ3n) is 4.81. The number of ether oxygens (including phenoxy) is 2. The van der Waals surface area contributed by atoms with Gasteiger partial charge in [-0.1, -0.05) is 0 Å². The number of nitrogens with one attached hydrogen (secondary N) is 2. The molecule has 0 aromatic carbocycles. The predicted molar refractivity (Wildman–Crippen MR) is 107 cm³/mol. The summed E-state index contributed by atoms with van der Waals surface area (Å²) in [6, 6.07) is 0. The summed E-state index contributed by atoms with van der Waals surface area (Å²) in [6.07, 6.45) is 3.17. The van der Waals surface area contributed by atoms with Gasteiger partial charge in [-0.05, 0) is 39.5 Å². The van der Waals surface area contributed by atoms with Gasteiger partial charge in [-0.3, -0.25) is 18.7 Å². The molecule has 0 spiro atoms. The third-order valence-corrected chi connectivity index (χ3v) is 6.53. The number of rotatable bonds is 8. The number of aryl methyl sites for hydroxylation is 1. The summed E-state index contributed by atoms with van der Waals surface area (Å²) in [7, 11) is -2.16. The summed E-state index contributed by atoms with van der Waals surface area (Å²) >= 11 is 0. The minimum absolute atomic E-state index is 0.0603. The fourth-order valence-corrected chi connectivity index (χ4v) is 3.63. The van der Waals surface area contributed by atoms with Crippen molar-refractivity contribution in [2.24, 2.45) is 7.05 Å². The molecule has 2 aromatic heterocycles. The lowest BCUT2D eigenvalue weighted by Crippen LogP contribution is -2.39. The molecule has 1 fully saturated rings. The lowest BCUT2D eigenvalue weighted by atomic mass is 10.2.